The Morgan fingerprint density at radius 1 is 0.756 bits per heavy atom. The number of aromatic nitrogens is 4. The molecule has 3 N–H and O–H groups in total. The number of pyridine rings is 1. The number of benzene rings is 1. The second-order valence-electron chi connectivity index (χ2n) is 11.3. The highest BCUT2D eigenvalue weighted by atomic mass is 16.2. The lowest BCUT2D eigenvalue weighted by Crippen LogP contribution is -2.28. The van der Waals surface area contributed by atoms with Crippen molar-refractivity contribution in [1.29, 1.82) is 0 Å². The fourth-order valence-corrected chi connectivity index (χ4v) is 5.06. The second-order valence-corrected chi connectivity index (χ2v) is 11.3. The number of nitrogens with one attached hydrogen (secondary N) is 3. The van der Waals surface area contributed by atoms with Gasteiger partial charge in [-0.1, -0.05) is 30.3 Å². The van der Waals surface area contributed by atoms with Crippen LogP contribution in [0.2, 0.25) is 0 Å². The number of carbonyl (C=O) groups excluding carboxylic acids is 3. The summed E-state index contributed by atoms with van der Waals surface area (Å²) in [6, 6.07) is 17.0. The van der Waals surface area contributed by atoms with Gasteiger partial charge in [0.1, 0.15) is 17.1 Å². The van der Waals surface area contributed by atoms with Gasteiger partial charge in [-0.15, -0.1) is 0 Å². The van der Waals surface area contributed by atoms with Gasteiger partial charge in [-0.05, 0) is 69.0 Å². The van der Waals surface area contributed by atoms with Crippen molar-refractivity contribution < 1.29 is 14.4 Å². The van der Waals surface area contributed by atoms with E-state index in [-0.39, 0.29) is 17.7 Å². The lowest BCUT2D eigenvalue weighted by molar-refractivity contribution is 0.0942. The van der Waals surface area contributed by atoms with E-state index in [4.69, 9.17) is 0 Å². The molecule has 0 atom stereocenters. The first-order valence-electron chi connectivity index (χ1n) is 14.7. The minimum Gasteiger partial charge on any atom is -0.351 e. The van der Waals surface area contributed by atoms with Crippen LogP contribution in [0, 0.1) is 0 Å². The number of aryl methyl sites for hydroxylation is 3. The predicted molar refractivity (Wildman–Crippen MR) is 178 cm³/mol. The summed E-state index contributed by atoms with van der Waals surface area (Å²) in [5.41, 5.74) is 4.84. The number of nitrogens with zero attached hydrogens (tertiary/aromatic N) is 5. The van der Waals surface area contributed by atoms with Gasteiger partial charge < -0.3 is 34.6 Å². The topological polar surface area (TPSA) is 118 Å². The fourth-order valence-electron chi connectivity index (χ4n) is 5.06. The van der Waals surface area contributed by atoms with E-state index in [0.29, 0.717) is 35.0 Å². The van der Waals surface area contributed by atoms with Crippen LogP contribution in [-0.4, -0.2) is 68.5 Å². The van der Waals surface area contributed by atoms with Gasteiger partial charge in [0.2, 0.25) is 0 Å². The molecule has 232 valence electrons. The predicted octanol–water partition coefficient (Wildman–Crippen LogP) is 4.61. The van der Waals surface area contributed by atoms with Crippen molar-refractivity contribution in [3.63, 3.8) is 0 Å². The molecule has 11 nitrogen and oxygen atoms in total. The van der Waals surface area contributed by atoms with Gasteiger partial charge in [0.05, 0.1) is 22.6 Å². The molecule has 0 fully saturated rings. The molecule has 11 heteroatoms. The highest BCUT2D eigenvalue weighted by Crippen LogP contribution is 2.20. The Kier molecular flexibility index (Phi) is 9.29. The number of amides is 3. The first-order chi connectivity index (χ1) is 21.6. The van der Waals surface area contributed by atoms with Gasteiger partial charge in [-0.25, -0.2) is 4.98 Å². The van der Waals surface area contributed by atoms with Crippen molar-refractivity contribution >= 4 is 52.2 Å². The summed E-state index contributed by atoms with van der Waals surface area (Å²) in [6.45, 7) is 1.44. The van der Waals surface area contributed by atoms with Crippen molar-refractivity contribution in [1.82, 2.24) is 28.9 Å². The largest absolute Gasteiger partial charge is 0.351 e. The molecule has 5 aromatic rings. The van der Waals surface area contributed by atoms with Gasteiger partial charge >= 0.3 is 0 Å². The normalized spacial score (nSPS) is 11.4. The Hall–Kier alpha value is -5.42. The molecule has 0 aliphatic heterocycles. The molecular formula is C34H38N8O3. The van der Waals surface area contributed by atoms with E-state index in [2.05, 4.69) is 25.8 Å². The maximum absolute atomic E-state index is 13.2. The Labute approximate surface area is 262 Å². The Morgan fingerprint density at radius 2 is 1.36 bits per heavy atom. The van der Waals surface area contributed by atoms with Crippen molar-refractivity contribution in [2.45, 2.75) is 6.42 Å². The van der Waals surface area contributed by atoms with Crippen molar-refractivity contribution in [2.75, 3.05) is 37.8 Å². The van der Waals surface area contributed by atoms with Gasteiger partial charge in [-0.3, -0.25) is 14.4 Å². The molecule has 0 bridgehead atoms. The fraction of sp³-hybridized carbons (Fsp3) is 0.235. The summed E-state index contributed by atoms with van der Waals surface area (Å²) >= 11 is 0. The third-order valence-corrected chi connectivity index (χ3v) is 7.38. The van der Waals surface area contributed by atoms with Crippen molar-refractivity contribution in [2.24, 2.45) is 21.1 Å². The molecule has 5 rings (SSSR count). The number of carbonyl (C=O) groups is 3. The van der Waals surface area contributed by atoms with Crippen LogP contribution in [0.5, 0.6) is 0 Å². The highest BCUT2D eigenvalue weighted by molar-refractivity contribution is 6.07. The number of hydrogen-bond donors (Lipinski definition) is 3. The standard InChI is InChI=1S/C34H38N8O3/c1-39(2)16-8-15-35-32(43)30-18-26(21-41(30)4)38-34(45)31-19-27(22-42(31)5)37-33(44)29-17-23(20-40(29)3)11-13-25-14-12-24-9-6-7-10-28(24)36-25/h6-7,9-14,17-22H,8,15-16H2,1-5H3,(H,35,43)(H,37,44)(H,38,45)/b13-11+. The van der Waals surface area contributed by atoms with Crippen LogP contribution in [0.25, 0.3) is 23.1 Å². The van der Waals surface area contributed by atoms with E-state index in [1.807, 2.05) is 75.9 Å². The molecule has 0 radical (unpaired) electrons. The quantitative estimate of drug-likeness (QED) is 0.190. The monoisotopic (exact) mass is 606 g/mol. The molecule has 0 aliphatic carbocycles. The summed E-state index contributed by atoms with van der Waals surface area (Å²) in [4.78, 5) is 45.6. The van der Waals surface area contributed by atoms with E-state index >= 15 is 0 Å². The van der Waals surface area contributed by atoms with Crippen molar-refractivity contribution in [3.8, 4) is 0 Å². The van der Waals surface area contributed by atoms with E-state index in [9.17, 15) is 14.4 Å². The van der Waals surface area contributed by atoms with E-state index < -0.39 is 0 Å². The third kappa shape index (κ3) is 7.57. The average molecular weight is 607 g/mol. The Balaban J connectivity index is 1.20. The van der Waals surface area contributed by atoms with E-state index in [0.717, 1.165) is 35.1 Å². The number of para-hydroxylation sites is 1. The summed E-state index contributed by atoms with van der Waals surface area (Å²) in [6.07, 6.45) is 9.91. The van der Waals surface area contributed by atoms with Gasteiger partial charge in [0.15, 0.2) is 0 Å². The van der Waals surface area contributed by atoms with Crippen LogP contribution < -0.4 is 16.0 Å². The summed E-state index contributed by atoms with van der Waals surface area (Å²) in [7, 11) is 9.27. The molecule has 4 aromatic heterocycles. The molecule has 0 unspecified atom stereocenters. The molecule has 45 heavy (non-hydrogen) atoms. The van der Waals surface area contributed by atoms with E-state index in [1.54, 1.807) is 58.4 Å². The molecular weight excluding hydrogens is 568 g/mol. The van der Waals surface area contributed by atoms with Crippen LogP contribution in [0.15, 0.2) is 73.2 Å². The van der Waals surface area contributed by atoms with Crippen LogP contribution >= 0.6 is 0 Å². The molecule has 4 heterocycles. The summed E-state index contributed by atoms with van der Waals surface area (Å²) in [5.74, 6) is -0.872. The first-order valence-corrected chi connectivity index (χ1v) is 14.7. The summed E-state index contributed by atoms with van der Waals surface area (Å²) < 4.78 is 5.07. The lowest BCUT2D eigenvalue weighted by Gasteiger charge is -2.10. The number of fused-ring (bicyclic) bond motifs is 1. The van der Waals surface area contributed by atoms with Crippen LogP contribution in [0.1, 0.15) is 49.1 Å². The van der Waals surface area contributed by atoms with E-state index in [1.165, 1.54) is 0 Å². The highest BCUT2D eigenvalue weighted by Gasteiger charge is 2.18. The Morgan fingerprint density at radius 3 is 2.02 bits per heavy atom. The zero-order valence-electron chi connectivity index (χ0n) is 26.2. The zero-order chi connectivity index (χ0) is 32.1. The van der Waals surface area contributed by atoms with Crippen LogP contribution in [0.3, 0.4) is 0 Å². The maximum Gasteiger partial charge on any atom is 0.272 e. The minimum atomic E-state index is -0.366. The van der Waals surface area contributed by atoms with Gasteiger partial charge in [-0.2, -0.15) is 0 Å². The maximum atomic E-state index is 13.2. The average Bonchev–Trinajstić information content (AvgIpc) is 3.69. The minimum absolute atomic E-state index is 0.203. The van der Waals surface area contributed by atoms with Crippen LogP contribution in [-0.2, 0) is 21.1 Å². The lowest BCUT2D eigenvalue weighted by atomic mass is 10.2. The first kappa shape index (κ1) is 31.0. The SMILES string of the molecule is CN(C)CCCNC(=O)c1cc(NC(=O)c2cc(NC(=O)c3cc(/C=C/c4ccc5ccccc5n4)cn3C)cn2C)cn1C. The Bertz CT molecular complexity index is 1890. The van der Waals surface area contributed by atoms with Crippen molar-refractivity contribution in [3.05, 3.63) is 102 Å². The molecule has 3 amide bonds. The summed E-state index contributed by atoms with van der Waals surface area (Å²) in [5, 5.41) is 9.73. The van der Waals surface area contributed by atoms with Crippen LogP contribution in [0.4, 0.5) is 11.4 Å². The number of anilines is 2. The number of hydrogen-bond acceptors (Lipinski definition) is 5. The molecule has 0 saturated heterocycles. The molecule has 1 aromatic carbocycles. The number of rotatable bonds is 11. The van der Waals surface area contributed by atoms with Gasteiger partial charge in [0, 0.05) is 51.7 Å². The third-order valence-electron chi connectivity index (χ3n) is 7.38. The smallest absolute Gasteiger partial charge is 0.272 e. The molecule has 0 saturated carbocycles. The van der Waals surface area contributed by atoms with Gasteiger partial charge in [0.25, 0.3) is 17.7 Å². The molecule has 0 spiro atoms. The zero-order valence-corrected chi connectivity index (χ0v) is 26.2. The molecule has 0 aliphatic rings. The second kappa shape index (κ2) is 13.5.